The van der Waals surface area contributed by atoms with Crippen LogP contribution in [0.2, 0.25) is 0 Å². The highest BCUT2D eigenvalue weighted by molar-refractivity contribution is 5.55. The summed E-state index contributed by atoms with van der Waals surface area (Å²) in [7, 11) is 0. The Hall–Kier alpha value is -2.02. The first-order valence-corrected chi connectivity index (χ1v) is 8.72. The summed E-state index contributed by atoms with van der Waals surface area (Å²) in [5, 5.41) is 3.52. The molecule has 0 aromatic heterocycles. The van der Waals surface area contributed by atoms with Gasteiger partial charge < -0.3 is 5.32 Å². The second-order valence-electron chi connectivity index (χ2n) is 6.16. The van der Waals surface area contributed by atoms with Crippen molar-refractivity contribution >= 4 is 0 Å². The van der Waals surface area contributed by atoms with Crippen molar-refractivity contribution in [2.45, 2.75) is 39.5 Å². The third-order valence-electron chi connectivity index (χ3n) is 4.35. The lowest BCUT2D eigenvalue weighted by molar-refractivity contribution is 0.674. The summed E-state index contributed by atoms with van der Waals surface area (Å²) in [4.78, 5) is 0. The fourth-order valence-corrected chi connectivity index (χ4v) is 3.11. The Morgan fingerprint density at radius 1 is 1.43 bits per heavy atom. The molecule has 1 heteroatoms. The van der Waals surface area contributed by atoms with Crippen molar-refractivity contribution in [3.05, 3.63) is 83.7 Å². The van der Waals surface area contributed by atoms with Gasteiger partial charge in [0.1, 0.15) is 0 Å². The van der Waals surface area contributed by atoms with Crippen LogP contribution < -0.4 is 5.32 Å². The molecule has 0 aromatic carbocycles. The zero-order chi connectivity index (χ0) is 16.5. The number of hydrogen-bond acceptors (Lipinski definition) is 1. The molecule has 0 amide bonds. The SMILES string of the molecule is C=C/C=C(\C=C/C)C(=C/CC1=CCCCN1)/C1=CC=CCC1C. The van der Waals surface area contributed by atoms with E-state index in [9.17, 15) is 0 Å². The second kappa shape index (κ2) is 9.19. The zero-order valence-electron chi connectivity index (χ0n) is 14.5. The summed E-state index contributed by atoms with van der Waals surface area (Å²) in [5.74, 6) is 0.554. The first kappa shape index (κ1) is 17.3. The first-order chi connectivity index (χ1) is 11.3. The fourth-order valence-electron chi connectivity index (χ4n) is 3.11. The molecular formula is C22H29N. The Morgan fingerprint density at radius 3 is 2.96 bits per heavy atom. The lowest BCUT2D eigenvalue weighted by Gasteiger charge is -2.22. The van der Waals surface area contributed by atoms with Crippen molar-refractivity contribution in [1.82, 2.24) is 5.32 Å². The van der Waals surface area contributed by atoms with Gasteiger partial charge in [0.2, 0.25) is 0 Å². The number of rotatable bonds is 6. The van der Waals surface area contributed by atoms with E-state index in [4.69, 9.17) is 0 Å². The van der Waals surface area contributed by atoms with Gasteiger partial charge in [0.05, 0.1) is 0 Å². The average molecular weight is 307 g/mol. The standard InChI is InChI=1S/C22H29N/c1-4-10-19(11-5-2)22(21-14-7-6-12-18(21)3)16-15-20-13-8-9-17-23-20/h4-7,10-11,13-14,16,18,23H,1,8-9,12,15,17H2,2-3H3/b11-5-,19-10+,22-16-. The summed E-state index contributed by atoms with van der Waals surface area (Å²) in [6.07, 6.45) is 24.2. The van der Waals surface area contributed by atoms with Crippen molar-refractivity contribution < 1.29 is 0 Å². The third-order valence-corrected chi connectivity index (χ3v) is 4.35. The highest BCUT2D eigenvalue weighted by Gasteiger charge is 2.16. The summed E-state index contributed by atoms with van der Waals surface area (Å²) >= 11 is 0. The molecule has 0 saturated heterocycles. The van der Waals surface area contributed by atoms with Gasteiger partial charge in [-0.3, -0.25) is 0 Å². The van der Waals surface area contributed by atoms with E-state index in [1.807, 2.05) is 6.08 Å². The topological polar surface area (TPSA) is 12.0 Å². The maximum atomic E-state index is 3.88. The van der Waals surface area contributed by atoms with Crippen molar-refractivity contribution in [3.63, 3.8) is 0 Å². The Bertz CT molecular complexity index is 593. The molecule has 1 N–H and O–H groups in total. The Morgan fingerprint density at radius 2 is 2.30 bits per heavy atom. The molecule has 0 fully saturated rings. The van der Waals surface area contributed by atoms with Crippen LogP contribution in [0.25, 0.3) is 0 Å². The molecule has 2 rings (SSSR count). The third kappa shape index (κ3) is 4.99. The van der Waals surface area contributed by atoms with E-state index in [0.717, 1.165) is 19.4 Å². The van der Waals surface area contributed by atoms with Crippen molar-refractivity contribution in [2.24, 2.45) is 5.92 Å². The lowest BCUT2D eigenvalue weighted by atomic mass is 9.83. The maximum absolute atomic E-state index is 3.88. The van der Waals surface area contributed by atoms with Gasteiger partial charge in [-0.1, -0.05) is 68.2 Å². The summed E-state index contributed by atoms with van der Waals surface area (Å²) in [6, 6.07) is 0. The molecule has 0 aromatic rings. The molecule has 1 aliphatic carbocycles. The van der Waals surface area contributed by atoms with Crippen LogP contribution in [-0.2, 0) is 0 Å². The molecule has 0 saturated carbocycles. The minimum Gasteiger partial charge on any atom is -0.388 e. The van der Waals surface area contributed by atoms with Gasteiger partial charge >= 0.3 is 0 Å². The second-order valence-corrected chi connectivity index (χ2v) is 6.16. The molecule has 1 heterocycles. The maximum Gasteiger partial charge on any atom is 0.0146 e. The molecule has 1 atom stereocenters. The number of allylic oxidation sites excluding steroid dienone is 12. The van der Waals surface area contributed by atoms with Crippen molar-refractivity contribution in [2.75, 3.05) is 6.54 Å². The molecule has 122 valence electrons. The van der Waals surface area contributed by atoms with Crippen LogP contribution in [0, 0.1) is 5.92 Å². The van der Waals surface area contributed by atoms with Gasteiger partial charge in [0, 0.05) is 18.7 Å². The van der Waals surface area contributed by atoms with Crippen LogP contribution >= 0.6 is 0 Å². The average Bonchev–Trinajstić information content (AvgIpc) is 2.58. The molecule has 0 spiro atoms. The minimum absolute atomic E-state index is 0.554. The van der Waals surface area contributed by atoms with E-state index in [0.29, 0.717) is 5.92 Å². The molecule has 0 radical (unpaired) electrons. The molecular weight excluding hydrogens is 278 g/mol. The highest BCUT2D eigenvalue weighted by Crippen LogP contribution is 2.32. The van der Waals surface area contributed by atoms with Gasteiger partial charge in [-0.05, 0) is 48.8 Å². The van der Waals surface area contributed by atoms with Crippen molar-refractivity contribution in [1.29, 1.82) is 0 Å². The van der Waals surface area contributed by atoms with Gasteiger partial charge in [-0.15, -0.1) is 0 Å². The summed E-state index contributed by atoms with van der Waals surface area (Å²) in [5.41, 5.74) is 5.36. The predicted octanol–water partition coefficient (Wildman–Crippen LogP) is 5.78. The quantitative estimate of drug-likeness (QED) is 0.613. The molecule has 1 nitrogen and oxygen atoms in total. The van der Waals surface area contributed by atoms with Gasteiger partial charge in [0.15, 0.2) is 0 Å². The Labute approximate surface area is 141 Å². The van der Waals surface area contributed by atoms with Gasteiger partial charge in [-0.2, -0.15) is 0 Å². The lowest BCUT2D eigenvalue weighted by Crippen LogP contribution is -2.18. The van der Waals surface area contributed by atoms with Crippen LogP contribution in [0.5, 0.6) is 0 Å². The predicted molar refractivity (Wildman–Crippen MR) is 102 cm³/mol. The Balaban J connectivity index is 2.35. The van der Waals surface area contributed by atoms with Crippen LogP contribution in [0.4, 0.5) is 0 Å². The smallest absolute Gasteiger partial charge is 0.0146 e. The van der Waals surface area contributed by atoms with E-state index in [1.165, 1.54) is 35.3 Å². The van der Waals surface area contributed by atoms with Crippen LogP contribution in [0.15, 0.2) is 83.7 Å². The van der Waals surface area contributed by atoms with E-state index in [2.05, 4.69) is 74.4 Å². The summed E-state index contributed by atoms with van der Waals surface area (Å²) < 4.78 is 0. The largest absolute Gasteiger partial charge is 0.388 e. The number of nitrogens with one attached hydrogen (secondary N) is 1. The van der Waals surface area contributed by atoms with Crippen LogP contribution in [-0.4, -0.2) is 6.54 Å². The van der Waals surface area contributed by atoms with E-state index >= 15 is 0 Å². The fraction of sp³-hybridized carbons (Fsp3) is 0.364. The molecule has 0 bridgehead atoms. The van der Waals surface area contributed by atoms with Crippen LogP contribution in [0.3, 0.4) is 0 Å². The molecule has 2 aliphatic rings. The highest BCUT2D eigenvalue weighted by atomic mass is 14.9. The Kier molecular flexibility index (Phi) is 6.93. The molecule has 23 heavy (non-hydrogen) atoms. The van der Waals surface area contributed by atoms with Gasteiger partial charge in [0.25, 0.3) is 0 Å². The van der Waals surface area contributed by atoms with Crippen molar-refractivity contribution in [3.8, 4) is 0 Å². The summed E-state index contributed by atoms with van der Waals surface area (Å²) in [6.45, 7) is 9.36. The normalized spacial score (nSPS) is 22.6. The van der Waals surface area contributed by atoms with Crippen LogP contribution in [0.1, 0.15) is 39.5 Å². The van der Waals surface area contributed by atoms with Gasteiger partial charge in [-0.25, -0.2) is 0 Å². The first-order valence-electron chi connectivity index (χ1n) is 8.72. The monoisotopic (exact) mass is 307 g/mol. The minimum atomic E-state index is 0.554. The van der Waals surface area contributed by atoms with E-state index in [1.54, 1.807) is 0 Å². The van der Waals surface area contributed by atoms with E-state index < -0.39 is 0 Å². The number of hydrogen-bond donors (Lipinski definition) is 1. The molecule has 1 unspecified atom stereocenters. The van der Waals surface area contributed by atoms with E-state index in [-0.39, 0.29) is 0 Å². The molecule has 1 aliphatic heterocycles. The zero-order valence-corrected chi connectivity index (χ0v) is 14.5.